The SMILES string of the molecule is CCC(CC)COC(C)O. The van der Waals surface area contributed by atoms with Crippen LogP contribution in [0.15, 0.2) is 0 Å². The molecule has 0 saturated carbocycles. The number of aliphatic hydroxyl groups is 1. The van der Waals surface area contributed by atoms with Crippen LogP contribution in [-0.2, 0) is 4.74 Å². The van der Waals surface area contributed by atoms with E-state index in [4.69, 9.17) is 9.84 Å². The Balaban J connectivity index is 3.26. The number of hydrogen-bond acceptors (Lipinski definition) is 2. The number of aliphatic hydroxyl groups excluding tert-OH is 1. The van der Waals surface area contributed by atoms with Gasteiger partial charge in [0.25, 0.3) is 0 Å². The van der Waals surface area contributed by atoms with Crippen molar-refractivity contribution in [2.24, 2.45) is 5.92 Å². The summed E-state index contributed by atoms with van der Waals surface area (Å²) in [5.41, 5.74) is 0. The van der Waals surface area contributed by atoms with Gasteiger partial charge in [-0.3, -0.25) is 0 Å². The van der Waals surface area contributed by atoms with E-state index in [1.54, 1.807) is 6.92 Å². The molecule has 0 heterocycles. The minimum atomic E-state index is -0.611. The van der Waals surface area contributed by atoms with Gasteiger partial charge in [0.1, 0.15) is 0 Å². The van der Waals surface area contributed by atoms with Crippen LogP contribution < -0.4 is 0 Å². The molecule has 1 N–H and O–H groups in total. The van der Waals surface area contributed by atoms with Gasteiger partial charge in [0.15, 0.2) is 6.29 Å². The van der Waals surface area contributed by atoms with E-state index in [1.807, 2.05) is 0 Å². The Morgan fingerprint density at radius 1 is 1.30 bits per heavy atom. The lowest BCUT2D eigenvalue weighted by atomic mass is 10.1. The Labute approximate surface area is 63.2 Å². The van der Waals surface area contributed by atoms with Crippen molar-refractivity contribution in [3.63, 3.8) is 0 Å². The van der Waals surface area contributed by atoms with Crippen molar-refractivity contribution in [1.29, 1.82) is 0 Å². The molecule has 1 atom stereocenters. The molecule has 2 heteroatoms. The summed E-state index contributed by atoms with van der Waals surface area (Å²) in [6, 6.07) is 0. The van der Waals surface area contributed by atoms with E-state index in [1.165, 1.54) is 0 Å². The summed E-state index contributed by atoms with van der Waals surface area (Å²) in [5.74, 6) is 0.606. The fraction of sp³-hybridized carbons (Fsp3) is 1.00. The van der Waals surface area contributed by atoms with Crippen molar-refractivity contribution in [2.75, 3.05) is 6.61 Å². The molecule has 2 nitrogen and oxygen atoms in total. The highest BCUT2D eigenvalue weighted by Crippen LogP contribution is 2.07. The number of rotatable bonds is 5. The maximum absolute atomic E-state index is 8.77. The fourth-order valence-corrected chi connectivity index (χ4v) is 0.800. The first-order chi connectivity index (χ1) is 4.70. The van der Waals surface area contributed by atoms with E-state index in [-0.39, 0.29) is 0 Å². The van der Waals surface area contributed by atoms with Gasteiger partial charge in [0, 0.05) is 0 Å². The van der Waals surface area contributed by atoms with Gasteiger partial charge >= 0.3 is 0 Å². The molecular weight excluding hydrogens is 128 g/mol. The quantitative estimate of drug-likeness (QED) is 0.599. The van der Waals surface area contributed by atoms with E-state index in [9.17, 15) is 0 Å². The van der Waals surface area contributed by atoms with Gasteiger partial charge in [-0.2, -0.15) is 0 Å². The van der Waals surface area contributed by atoms with Crippen molar-refractivity contribution in [3.8, 4) is 0 Å². The molecule has 0 bridgehead atoms. The predicted molar refractivity (Wildman–Crippen MR) is 41.7 cm³/mol. The molecule has 0 aromatic heterocycles. The van der Waals surface area contributed by atoms with E-state index in [0.29, 0.717) is 12.5 Å². The summed E-state index contributed by atoms with van der Waals surface area (Å²) in [7, 11) is 0. The first kappa shape index (κ1) is 9.92. The predicted octanol–water partition coefficient (Wildman–Crippen LogP) is 1.78. The van der Waals surface area contributed by atoms with Crippen LogP contribution in [0.2, 0.25) is 0 Å². The molecule has 0 aliphatic heterocycles. The largest absolute Gasteiger partial charge is 0.368 e. The molecule has 0 amide bonds. The van der Waals surface area contributed by atoms with Crippen molar-refractivity contribution < 1.29 is 9.84 Å². The first-order valence-corrected chi connectivity index (χ1v) is 4.00. The summed E-state index contributed by atoms with van der Waals surface area (Å²) in [4.78, 5) is 0. The van der Waals surface area contributed by atoms with Crippen LogP contribution in [0.4, 0.5) is 0 Å². The van der Waals surface area contributed by atoms with Crippen LogP contribution in [0.5, 0.6) is 0 Å². The smallest absolute Gasteiger partial charge is 0.151 e. The van der Waals surface area contributed by atoms with Gasteiger partial charge < -0.3 is 9.84 Å². The van der Waals surface area contributed by atoms with Crippen LogP contribution in [0.1, 0.15) is 33.6 Å². The summed E-state index contributed by atoms with van der Waals surface area (Å²) in [6.07, 6.45) is 1.65. The van der Waals surface area contributed by atoms with Gasteiger partial charge in [-0.1, -0.05) is 26.7 Å². The topological polar surface area (TPSA) is 29.5 Å². The molecule has 0 rings (SSSR count). The van der Waals surface area contributed by atoms with Gasteiger partial charge in [0.05, 0.1) is 6.61 Å². The number of hydrogen-bond donors (Lipinski definition) is 1. The zero-order chi connectivity index (χ0) is 7.98. The Hall–Kier alpha value is -0.0800. The Morgan fingerprint density at radius 2 is 1.80 bits per heavy atom. The second kappa shape index (κ2) is 5.69. The fourth-order valence-electron chi connectivity index (χ4n) is 0.800. The van der Waals surface area contributed by atoms with E-state index in [2.05, 4.69) is 13.8 Å². The minimum absolute atomic E-state index is 0.606. The van der Waals surface area contributed by atoms with Crippen LogP contribution in [0.3, 0.4) is 0 Å². The Kier molecular flexibility index (Phi) is 5.64. The summed E-state index contributed by atoms with van der Waals surface area (Å²) >= 11 is 0. The molecule has 0 saturated heterocycles. The lowest BCUT2D eigenvalue weighted by Gasteiger charge is -2.13. The van der Waals surface area contributed by atoms with Crippen LogP contribution in [-0.4, -0.2) is 18.0 Å². The average molecular weight is 146 g/mol. The maximum atomic E-state index is 8.77. The molecule has 0 aromatic carbocycles. The summed E-state index contributed by atoms with van der Waals surface area (Å²) < 4.78 is 5.04. The summed E-state index contributed by atoms with van der Waals surface area (Å²) in [6.45, 7) is 6.60. The normalized spacial score (nSPS) is 14.1. The highest BCUT2D eigenvalue weighted by molar-refractivity contribution is 4.51. The highest BCUT2D eigenvalue weighted by atomic mass is 16.6. The third-order valence-electron chi connectivity index (χ3n) is 1.73. The van der Waals surface area contributed by atoms with E-state index >= 15 is 0 Å². The second-order valence-corrected chi connectivity index (χ2v) is 2.62. The van der Waals surface area contributed by atoms with Crippen LogP contribution >= 0.6 is 0 Å². The molecule has 10 heavy (non-hydrogen) atoms. The first-order valence-electron chi connectivity index (χ1n) is 4.00. The van der Waals surface area contributed by atoms with Crippen molar-refractivity contribution in [1.82, 2.24) is 0 Å². The molecule has 0 fully saturated rings. The molecule has 0 aliphatic carbocycles. The molecule has 0 aromatic rings. The van der Waals surface area contributed by atoms with E-state index < -0.39 is 6.29 Å². The third kappa shape index (κ3) is 4.77. The lowest BCUT2D eigenvalue weighted by Crippen LogP contribution is -2.14. The van der Waals surface area contributed by atoms with Gasteiger partial charge in [-0.25, -0.2) is 0 Å². The standard InChI is InChI=1S/C8H18O2/c1-4-8(5-2)6-10-7(3)9/h7-9H,4-6H2,1-3H3. The zero-order valence-electron chi connectivity index (χ0n) is 7.13. The average Bonchev–Trinajstić information content (AvgIpc) is 1.90. The van der Waals surface area contributed by atoms with Gasteiger partial charge in [-0.15, -0.1) is 0 Å². The van der Waals surface area contributed by atoms with Crippen molar-refractivity contribution in [3.05, 3.63) is 0 Å². The minimum Gasteiger partial charge on any atom is -0.368 e. The van der Waals surface area contributed by atoms with Crippen LogP contribution in [0.25, 0.3) is 0 Å². The Bertz CT molecular complexity index is 67.7. The number of ether oxygens (including phenoxy) is 1. The molecule has 62 valence electrons. The maximum Gasteiger partial charge on any atom is 0.151 e. The van der Waals surface area contributed by atoms with Crippen molar-refractivity contribution >= 4 is 0 Å². The Morgan fingerprint density at radius 3 is 2.10 bits per heavy atom. The molecular formula is C8H18O2. The molecule has 1 unspecified atom stereocenters. The highest BCUT2D eigenvalue weighted by Gasteiger charge is 2.04. The molecule has 0 radical (unpaired) electrons. The molecule has 0 spiro atoms. The van der Waals surface area contributed by atoms with Gasteiger partial charge in [0.2, 0.25) is 0 Å². The van der Waals surface area contributed by atoms with E-state index in [0.717, 1.165) is 12.8 Å². The van der Waals surface area contributed by atoms with Crippen LogP contribution in [0, 0.1) is 5.92 Å². The second-order valence-electron chi connectivity index (χ2n) is 2.62. The lowest BCUT2D eigenvalue weighted by molar-refractivity contribution is -0.0967. The van der Waals surface area contributed by atoms with Gasteiger partial charge in [-0.05, 0) is 12.8 Å². The monoisotopic (exact) mass is 146 g/mol. The summed E-state index contributed by atoms with van der Waals surface area (Å²) in [5, 5.41) is 8.77. The molecule has 0 aliphatic rings. The third-order valence-corrected chi connectivity index (χ3v) is 1.73. The van der Waals surface area contributed by atoms with Crippen molar-refractivity contribution in [2.45, 2.75) is 39.9 Å². The zero-order valence-corrected chi connectivity index (χ0v) is 7.13.